The number of hydrogen-bond donors (Lipinski definition) is 2. The highest BCUT2D eigenvalue weighted by Gasteiger charge is 2.39. The van der Waals surface area contributed by atoms with Gasteiger partial charge in [0.25, 0.3) is 0 Å². The van der Waals surface area contributed by atoms with E-state index in [2.05, 4.69) is 36.4 Å². The molecule has 2 rings (SSSR count). The predicted octanol–water partition coefficient (Wildman–Crippen LogP) is 5.39. The summed E-state index contributed by atoms with van der Waals surface area (Å²) in [5.74, 6) is -0.758. The van der Waals surface area contributed by atoms with Crippen molar-refractivity contribution in [1.29, 1.82) is 0 Å². The van der Waals surface area contributed by atoms with E-state index >= 15 is 0 Å². The van der Waals surface area contributed by atoms with Crippen LogP contribution in [0.1, 0.15) is 53.8 Å². The summed E-state index contributed by atoms with van der Waals surface area (Å²) < 4.78 is 6.06. The molecule has 7 heteroatoms. The van der Waals surface area contributed by atoms with Gasteiger partial charge in [0, 0.05) is 38.9 Å². The van der Waals surface area contributed by atoms with Crippen LogP contribution >= 0.6 is 27.3 Å². The average Bonchev–Trinajstić information content (AvgIpc) is 3.18. The fraction of sp³-hybridized carbons (Fsp3) is 0.538. The lowest BCUT2D eigenvalue weighted by Crippen LogP contribution is -2.19. The fourth-order valence-corrected chi connectivity index (χ4v) is 5.98. The first-order valence-electron chi connectivity index (χ1n) is 11.5. The Morgan fingerprint density at radius 2 is 2.09 bits per heavy atom. The van der Waals surface area contributed by atoms with Crippen molar-refractivity contribution in [1.82, 2.24) is 0 Å². The number of rotatable bonds is 13. The van der Waals surface area contributed by atoms with Gasteiger partial charge < -0.3 is 14.9 Å². The average molecular weight is 540 g/mol. The van der Waals surface area contributed by atoms with Crippen molar-refractivity contribution in [3.63, 3.8) is 0 Å². The molecule has 2 N–H and O–H groups in total. The quantitative estimate of drug-likeness (QED) is 0.200. The number of halogens is 1. The molecule has 1 aliphatic rings. The molecule has 4 atom stereocenters. The van der Waals surface area contributed by atoms with Crippen LogP contribution in [-0.2, 0) is 20.7 Å². The van der Waals surface area contributed by atoms with E-state index in [-0.39, 0.29) is 36.6 Å². The Labute approximate surface area is 209 Å². The molecule has 1 aromatic heterocycles. The molecular formula is C26H35BrO5S. The van der Waals surface area contributed by atoms with E-state index in [1.807, 2.05) is 18.2 Å². The Morgan fingerprint density at radius 1 is 1.33 bits per heavy atom. The summed E-state index contributed by atoms with van der Waals surface area (Å²) in [5, 5.41) is 20.8. The number of ether oxygens (including phenoxy) is 1. The van der Waals surface area contributed by atoms with Gasteiger partial charge in [-0.05, 0) is 67.4 Å². The molecule has 1 heterocycles. The summed E-state index contributed by atoms with van der Waals surface area (Å²) in [4.78, 5) is 26.3. The van der Waals surface area contributed by atoms with Crippen LogP contribution in [0.15, 0.2) is 41.4 Å². The van der Waals surface area contributed by atoms with Crippen LogP contribution in [0.5, 0.6) is 0 Å². The lowest BCUT2D eigenvalue weighted by molar-refractivity contribution is -0.142. The van der Waals surface area contributed by atoms with Crippen molar-refractivity contribution < 1.29 is 24.5 Å². The highest BCUT2D eigenvalue weighted by Crippen LogP contribution is 2.34. The summed E-state index contributed by atoms with van der Waals surface area (Å²) in [6.45, 7) is 7.90. The number of carbonyl (C=O) groups is 2. The van der Waals surface area contributed by atoms with E-state index in [4.69, 9.17) is 4.74 Å². The number of hydrogen-bond acceptors (Lipinski definition) is 6. The van der Waals surface area contributed by atoms with Crippen LogP contribution in [0.25, 0.3) is 0 Å². The number of thiophene rings is 1. The lowest BCUT2D eigenvalue weighted by Gasteiger charge is -2.16. The smallest absolute Gasteiger partial charge is 0.306 e. The standard InChI is InChI=1S/C26H35BrO5S/c1-4-15-32-25(31)10-8-6-5-7-9-21-22(24(30)16-23(21)29)14-12-19(28)11-13-20-17(2)33-18(3)26(20)27/h4-5,7,12,14,19,21-22,24,28,30H,1,6,8-11,13,15-16H2,2-3H3/b7-5-,14-12+/t19-,21+,22+,24?/m0/s1. The number of Topliss-reactive ketones (excluding diaryl/α,β-unsaturated/α-hetero) is 1. The zero-order valence-corrected chi connectivity index (χ0v) is 21.9. The molecule has 0 radical (unpaired) electrons. The highest BCUT2D eigenvalue weighted by molar-refractivity contribution is 9.10. The van der Waals surface area contributed by atoms with Gasteiger partial charge in [-0.25, -0.2) is 0 Å². The second-order valence-corrected chi connectivity index (χ2v) is 10.7. The predicted molar refractivity (Wildman–Crippen MR) is 136 cm³/mol. The van der Waals surface area contributed by atoms with Gasteiger partial charge in [0.05, 0.1) is 12.2 Å². The minimum atomic E-state index is -0.713. The molecule has 0 spiro atoms. The normalized spacial score (nSPS) is 21.8. The third kappa shape index (κ3) is 8.63. The topological polar surface area (TPSA) is 83.8 Å². The van der Waals surface area contributed by atoms with E-state index in [0.717, 1.165) is 17.3 Å². The highest BCUT2D eigenvalue weighted by atomic mass is 79.9. The molecule has 182 valence electrons. The minimum Gasteiger partial charge on any atom is -0.461 e. The molecule has 1 fully saturated rings. The van der Waals surface area contributed by atoms with Gasteiger partial charge in [0.1, 0.15) is 12.4 Å². The van der Waals surface area contributed by atoms with Crippen molar-refractivity contribution in [2.75, 3.05) is 6.61 Å². The lowest BCUT2D eigenvalue weighted by atomic mass is 9.90. The van der Waals surface area contributed by atoms with Gasteiger partial charge in [-0.1, -0.05) is 37.0 Å². The Hall–Kier alpha value is -1.54. The number of ketones is 1. The Bertz CT molecular complexity index is 872. The summed E-state index contributed by atoms with van der Waals surface area (Å²) in [7, 11) is 0. The van der Waals surface area contributed by atoms with Gasteiger partial charge in [0.15, 0.2) is 0 Å². The fourth-order valence-electron chi connectivity index (χ4n) is 4.11. The molecule has 1 unspecified atom stereocenters. The maximum absolute atomic E-state index is 12.4. The molecule has 0 amide bonds. The Balaban J connectivity index is 1.82. The van der Waals surface area contributed by atoms with Crippen LogP contribution in [0, 0.1) is 25.7 Å². The van der Waals surface area contributed by atoms with Crippen molar-refractivity contribution in [2.45, 2.75) is 71.0 Å². The van der Waals surface area contributed by atoms with Crippen molar-refractivity contribution in [3.8, 4) is 0 Å². The van der Waals surface area contributed by atoms with Crippen molar-refractivity contribution >= 4 is 39.0 Å². The van der Waals surface area contributed by atoms with Crippen LogP contribution in [-0.4, -0.2) is 40.8 Å². The third-order valence-corrected chi connectivity index (χ3v) is 8.35. The van der Waals surface area contributed by atoms with Crippen molar-refractivity contribution in [2.24, 2.45) is 11.8 Å². The molecule has 0 saturated heterocycles. The van der Waals surface area contributed by atoms with Gasteiger partial charge >= 0.3 is 5.97 Å². The number of aryl methyl sites for hydroxylation is 2. The van der Waals surface area contributed by atoms with Gasteiger partial charge in [-0.2, -0.15) is 0 Å². The molecule has 5 nitrogen and oxygen atoms in total. The number of unbranched alkanes of at least 4 members (excludes halogenated alkanes) is 1. The Kier molecular flexibility index (Phi) is 11.7. The minimum absolute atomic E-state index is 0.0533. The maximum Gasteiger partial charge on any atom is 0.306 e. The van der Waals surface area contributed by atoms with Gasteiger partial charge in [0.2, 0.25) is 0 Å². The number of esters is 1. The Morgan fingerprint density at radius 3 is 2.76 bits per heavy atom. The first kappa shape index (κ1) is 27.7. The van der Waals surface area contributed by atoms with Crippen LogP contribution in [0.3, 0.4) is 0 Å². The summed E-state index contributed by atoms with van der Waals surface area (Å²) in [6.07, 6.45) is 11.5. The SMILES string of the molecule is C=CCOC(=O)CCC/C=C\C[C@H]1C(=O)CC(O)[C@@H]1/C=C/[C@@H](O)CCc1c(C)sc(C)c1Br. The molecule has 33 heavy (non-hydrogen) atoms. The van der Waals surface area contributed by atoms with Gasteiger partial charge in [-0.3, -0.25) is 9.59 Å². The third-order valence-electron chi connectivity index (χ3n) is 5.95. The van der Waals surface area contributed by atoms with Crippen LogP contribution in [0.4, 0.5) is 0 Å². The number of carbonyl (C=O) groups excluding carboxylic acids is 2. The molecule has 1 saturated carbocycles. The molecule has 0 aromatic carbocycles. The summed E-state index contributed by atoms with van der Waals surface area (Å²) in [6, 6.07) is 0. The number of aliphatic hydroxyl groups excluding tert-OH is 2. The first-order valence-corrected chi connectivity index (χ1v) is 13.1. The second-order valence-electron chi connectivity index (χ2n) is 8.49. The number of aliphatic hydroxyl groups is 2. The van der Waals surface area contributed by atoms with E-state index < -0.39 is 12.2 Å². The zero-order valence-electron chi connectivity index (χ0n) is 19.5. The van der Waals surface area contributed by atoms with E-state index in [1.165, 1.54) is 15.3 Å². The zero-order chi connectivity index (χ0) is 24.4. The molecule has 0 bridgehead atoms. The van der Waals surface area contributed by atoms with Crippen LogP contribution in [0.2, 0.25) is 0 Å². The largest absolute Gasteiger partial charge is 0.461 e. The van der Waals surface area contributed by atoms with Crippen molar-refractivity contribution in [3.05, 3.63) is 56.7 Å². The maximum atomic E-state index is 12.4. The second kappa shape index (κ2) is 14.0. The molecule has 1 aliphatic carbocycles. The van der Waals surface area contributed by atoms with E-state index in [1.54, 1.807) is 23.5 Å². The summed E-state index contributed by atoms with van der Waals surface area (Å²) in [5.41, 5.74) is 1.23. The monoisotopic (exact) mass is 538 g/mol. The van der Waals surface area contributed by atoms with E-state index in [0.29, 0.717) is 25.7 Å². The van der Waals surface area contributed by atoms with Crippen LogP contribution < -0.4 is 0 Å². The number of allylic oxidation sites excluding steroid dienone is 2. The van der Waals surface area contributed by atoms with Gasteiger partial charge in [-0.15, -0.1) is 11.3 Å². The summed E-state index contributed by atoms with van der Waals surface area (Å²) >= 11 is 5.38. The van der Waals surface area contributed by atoms with E-state index in [9.17, 15) is 19.8 Å². The first-order chi connectivity index (χ1) is 15.7. The molecule has 0 aliphatic heterocycles. The molecule has 1 aromatic rings. The molecular weight excluding hydrogens is 504 g/mol.